The number of anilines is 3. The third-order valence-corrected chi connectivity index (χ3v) is 8.61. The summed E-state index contributed by atoms with van der Waals surface area (Å²) >= 11 is 0. The van der Waals surface area contributed by atoms with Gasteiger partial charge in [-0.25, -0.2) is 9.97 Å². The Morgan fingerprint density at radius 3 is 2.50 bits per heavy atom. The lowest BCUT2D eigenvalue weighted by molar-refractivity contribution is -0.210. The third-order valence-electron chi connectivity index (χ3n) is 8.61. The summed E-state index contributed by atoms with van der Waals surface area (Å²) in [6.45, 7) is 4.03. The van der Waals surface area contributed by atoms with Crippen LogP contribution in [0.3, 0.4) is 0 Å². The van der Waals surface area contributed by atoms with Gasteiger partial charge in [0.05, 0.1) is 24.8 Å². The molecule has 0 saturated carbocycles. The van der Waals surface area contributed by atoms with Crippen molar-refractivity contribution in [2.45, 2.75) is 24.7 Å². The predicted molar refractivity (Wildman–Crippen MR) is 160 cm³/mol. The number of amides is 1. The number of hydrogen-bond acceptors (Lipinski definition) is 11. The number of ether oxygens (including phenoxy) is 2. The summed E-state index contributed by atoms with van der Waals surface area (Å²) in [6.07, 6.45) is -4.75. The Bertz CT molecular complexity index is 1570. The summed E-state index contributed by atoms with van der Waals surface area (Å²) in [6, 6.07) is 14.9. The molecule has 4 heterocycles. The zero-order valence-electron chi connectivity index (χ0n) is 24.9. The lowest BCUT2D eigenvalue weighted by Gasteiger charge is -2.43. The van der Waals surface area contributed by atoms with Crippen molar-refractivity contribution in [3.05, 3.63) is 54.4 Å². The number of carbonyl (C=O) groups excluding carboxylic acids is 1. The molecule has 0 bridgehead atoms. The first-order valence-corrected chi connectivity index (χ1v) is 15.0. The summed E-state index contributed by atoms with van der Waals surface area (Å²) in [4.78, 5) is 30.5. The first kappa shape index (κ1) is 31.5. The van der Waals surface area contributed by atoms with Crippen LogP contribution in [0.25, 0.3) is 11.4 Å². The maximum Gasteiger partial charge on any atom is 0.397 e. The number of aliphatic hydroxyl groups excluding tert-OH is 1. The van der Waals surface area contributed by atoms with Crippen LogP contribution in [-0.2, 0) is 9.53 Å². The second-order valence-electron chi connectivity index (χ2n) is 11.4. The van der Waals surface area contributed by atoms with Crippen LogP contribution in [0.15, 0.2) is 48.8 Å². The van der Waals surface area contributed by atoms with Crippen LogP contribution in [0, 0.1) is 17.2 Å². The Kier molecular flexibility index (Phi) is 9.20. The fourth-order valence-corrected chi connectivity index (χ4v) is 5.89. The van der Waals surface area contributed by atoms with Crippen LogP contribution in [0.4, 0.5) is 30.5 Å². The van der Waals surface area contributed by atoms with E-state index >= 15 is 0 Å². The topological polar surface area (TPSA) is 140 Å². The van der Waals surface area contributed by atoms with E-state index in [4.69, 9.17) is 14.6 Å². The number of carbonyl (C=O) groups is 1. The van der Waals surface area contributed by atoms with E-state index in [1.807, 2.05) is 30.3 Å². The summed E-state index contributed by atoms with van der Waals surface area (Å²) in [5, 5.41) is 22.0. The van der Waals surface area contributed by atoms with Gasteiger partial charge in [-0.3, -0.25) is 9.69 Å². The number of rotatable bonds is 8. The predicted octanol–water partition coefficient (Wildman–Crippen LogP) is 2.83. The highest BCUT2D eigenvalue weighted by Gasteiger charge is 2.49. The number of aliphatic hydroxyl groups is 1. The zero-order valence-corrected chi connectivity index (χ0v) is 24.9. The second kappa shape index (κ2) is 13.5. The molecule has 3 aromatic rings. The molecule has 0 spiro atoms. The maximum atomic E-state index is 13.9. The van der Waals surface area contributed by atoms with Crippen molar-refractivity contribution in [2.75, 3.05) is 69.3 Å². The highest BCUT2D eigenvalue weighted by Crippen LogP contribution is 2.37. The summed E-state index contributed by atoms with van der Waals surface area (Å²) in [7, 11) is 0. The molecule has 2 atom stereocenters. The van der Waals surface area contributed by atoms with Crippen LogP contribution in [0.2, 0.25) is 0 Å². The highest BCUT2D eigenvalue weighted by atomic mass is 19.4. The molecule has 2 aromatic carbocycles. The van der Waals surface area contributed by atoms with Crippen LogP contribution in [0.5, 0.6) is 5.75 Å². The summed E-state index contributed by atoms with van der Waals surface area (Å²) < 4.78 is 52.7. The number of likely N-dealkylation sites (tertiary alicyclic amines) is 1. The number of piperazine rings is 1. The number of nitrogens with one attached hydrogen (secondary N) is 1. The smallest absolute Gasteiger partial charge is 0.397 e. The minimum Gasteiger partial charge on any atom is -0.488 e. The Labute approximate surface area is 263 Å². The number of nitrogens with zero attached hydrogens (tertiary/aromatic N) is 7. The minimum atomic E-state index is -4.65. The van der Waals surface area contributed by atoms with E-state index in [2.05, 4.69) is 30.1 Å². The number of hydrogen-bond donors (Lipinski definition) is 2. The number of aromatic nitrogens is 3. The largest absolute Gasteiger partial charge is 0.488 e. The van der Waals surface area contributed by atoms with Gasteiger partial charge in [0, 0.05) is 62.6 Å². The molecular weight excluding hydrogens is 605 g/mol. The van der Waals surface area contributed by atoms with E-state index in [0.29, 0.717) is 11.6 Å². The first-order chi connectivity index (χ1) is 22.2. The van der Waals surface area contributed by atoms with Crippen LogP contribution in [0.1, 0.15) is 12.0 Å². The van der Waals surface area contributed by atoms with Crippen LogP contribution >= 0.6 is 0 Å². The van der Waals surface area contributed by atoms with Crippen molar-refractivity contribution in [1.29, 1.82) is 5.26 Å². The summed E-state index contributed by atoms with van der Waals surface area (Å²) in [5.74, 6) is -2.23. The van der Waals surface area contributed by atoms with Gasteiger partial charge in [-0.1, -0.05) is 0 Å². The maximum absolute atomic E-state index is 13.9. The number of benzene rings is 2. The molecule has 15 heteroatoms. The Morgan fingerprint density at radius 2 is 1.85 bits per heavy atom. The Morgan fingerprint density at radius 1 is 1.09 bits per heavy atom. The molecule has 0 unspecified atom stereocenters. The van der Waals surface area contributed by atoms with Crippen molar-refractivity contribution < 1.29 is 32.5 Å². The molecule has 3 aliphatic heterocycles. The number of alkyl halides is 3. The van der Waals surface area contributed by atoms with E-state index < -0.39 is 37.3 Å². The van der Waals surface area contributed by atoms with Crippen molar-refractivity contribution in [1.82, 2.24) is 24.8 Å². The SMILES string of the molecule is N#Cc1cc(-c2ncnc(Nc3ccc(N4CCN(C5COC5)CC4)cc3)n2)ccc1O[C@@H]1CCN(C(=O)CO)C[C@@H]1C(F)(F)F. The molecular formula is C31H33F3N8O4. The number of nitriles is 1. The highest BCUT2D eigenvalue weighted by molar-refractivity contribution is 5.77. The van der Waals surface area contributed by atoms with Crippen molar-refractivity contribution in [3.63, 3.8) is 0 Å². The molecule has 1 amide bonds. The van der Waals surface area contributed by atoms with E-state index in [-0.39, 0.29) is 36.1 Å². The molecule has 1 aromatic heterocycles. The molecule has 3 saturated heterocycles. The Balaban J connectivity index is 1.11. The molecule has 242 valence electrons. The van der Waals surface area contributed by atoms with Gasteiger partial charge < -0.3 is 29.7 Å². The monoisotopic (exact) mass is 638 g/mol. The normalized spacial score (nSPS) is 20.9. The lowest BCUT2D eigenvalue weighted by Crippen LogP contribution is -2.56. The van der Waals surface area contributed by atoms with Crippen molar-refractivity contribution in [3.8, 4) is 23.2 Å². The van der Waals surface area contributed by atoms with Gasteiger partial charge in [0.15, 0.2) is 5.82 Å². The average molecular weight is 639 g/mol. The zero-order chi connectivity index (χ0) is 32.3. The number of piperidine rings is 1. The van der Waals surface area contributed by atoms with Crippen LogP contribution < -0.4 is 15.0 Å². The average Bonchev–Trinajstić information content (AvgIpc) is 3.04. The Hall–Kier alpha value is -4.52. The van der Waals surface area contributed by atoms with Gasteiger partial charge in [-0.15, -0.1) is 0 Å². The second-order valence-corrected chi connectivity index (χ2v) is 11.4. The minimum absolute atomic E-state index is 0.00641. The van der Waals surface area contributed by atoms with Gasteiger partial charge >= 0.3 is 6.18 Å². The molecule has 0 aliphatic carbocycles. The van der Waals surface area contributed by atoms with E-state index in [9.17, 15) is 23.2 Å². The molecule has 3 fully saturated rings. The fourth-order valence-electron chi connectivity index (χ4n) is 5.89. The van der Waals surface area contributed by atoms with Gasteiger partial charge in [0.25, 0.3) is 0 Å². The van der Waals surface area contributed by atoms with E-state index in [1.54, 1.807) is 6.07 Å². The van der Waals surface area contributed by atoms with Gasteiger partial charge in [0.1, 0.15) is 36.8 Å². The van der Waals surface area contributed by atoms with E-state index in [0.717, 1.165) is 55.7 Å². The van der Waals surface area contributed by atoms with Crippen molar-refractivity contribution in [2.24, 2.45) is 5.92 Å². The van der Waals surface area contributed by atoms with Gasteiger partial charge in [0.2, 0.25) is 11.9 Å². The lowest BCUT2D eigenvalue weighted by atomic mass is 9.93. The summed E-state index contributed by atoms with van der Waals surface area (Å²) in [5.41, 5.74) is 2.37. The first-order valence-electron chi connectivity index (χ1n) is 15.0. The standard InChI is InChI=1S/C31H33F3N8O4/c32-31(33,34)25-15-42(28(44)16-43)8-7-27(25)46-26-6-1-20(13-21(26)14-35)29-36-19-37-30(39-29)38-22-2-4-23(5-3-22)40-9-11-41(12-10-40)24-17-45-18-24/h1-6,13,19,24-25,27,43H,7-12,15-18H2,(H,36,37,38,39)/t25-,27+/m0/s1. The number of halogens is 3. The molecule has 2 N–H and O–H groups in total. The molecule has 46 heavy (non-hydrogen) atoms. The molecule has 12 nitrogen and oxygen atoms in total. The van der Waals surface area contributed by atoms with Crippen LogP contribution in [-0.4, -0.2) is 113 Å². The van der Waals surface area contributed by atoms with Gasteiger partial charge in [-0.2, -0.15) is 23.4 Å². The van der Waals surface area contributed by atoms with Gasteiger partial charge in [-0.05, 0) is 42.5 Å². The fraction of sp³-hybridized carbons (Fsp3) is 0.452. The molecule has 6 rings (SSSR count). The quantitative estimate of drug-likeness (QED) is 0.377. The molecule has 0 radical (unpaired) electrons. The molecule has 3 aliphatic rings. The van der Waals surface area contributed by atoms with E-state index in [1.165, 1.54) is 18.5 Å². The van der Waals surface area contributed by atoms with Crippen molar-refractivity contribution >= 4 is 23.2 Å². The third kappa shape index (κ3) is 6.99.